The van der Waals surface area contributed by atoms with Gasteiger partial charge in [0.1, 0.15) is 11.5 Å². The van der Waals surface area contributed by atoms with Crippen molar-refractivity contribution in [2.24, 2.45) is 0 Å². The number of hydrogen-bond donors (Lipinski definition) is 1. The highest BCUT2D eigenvalue weighted by Gasteiger charge is 2.14. The van der Waals surface area contributed by atoms with Gasteiger partial charge in [-0.25, -0.2) is 4.98 Å². The standard InChI is InChI=1S/C22H17ClN2O3S/c1-27-18-6-7-20-16(12-18)11-15(8-9-28-20)21(26)25-22-24-13-19(29-22)10-14-2-4-17(23)5-3-14/h2-9,11-13H,10H2,1H3,(H,24,25,26). The van der Waals surface area contributed by atoms with E-state index in [1.54, 1.807) is 31.5 Å². The molecule has 1 N–H and O–H groups in total. The number of amides is 1. The van der Waals surface area contributed by atoms with Crippen LogP contribution in [0.1, 0.15) is 16.0 Å². The Labute approximate surface area is 177 Å². The molecule has 0 fully saturated rings. The van der Waals surface area contributed by atoms with Crippen LogP contribution in [-0.2, 0) is 11.2 Å². The number of carbonyl (C=O) groups excluding carboxylic acids is 1. The Bertz CT molecular complexity index is 1100. The highest BCUT2D eigenvalue weighted by atomic mass is 35.5. The number of anilines is 1. The normalized spacial score (nSPS) is 12.4. The van der Waals surface area contributed by atoms with Crippen LogP contribution >= 0.6 is 22.9 Å². The first-order chi connectivity index (χ1) is 14.1. The maximum Gasteiger partial charge on any atom is 0.257 e. The first kappa shape index (κ1) is 19.2. The van der Waals surface area contributed by atoms with Gasteiger partial charge in [0.15, 0.2) is 5.13 Å². The largest absolute Gasteiger partial charge is 0.497 e. The van der Waals surface area contributed by atoms with Crippen LogP contribution in [0, 0.1) is 0 Å². The number of carbonyl (C=O) groups is 1. The summed E-state index contributed by atoms with van der Waals surface area (Å²) in [7, 11) is 1.60. The van der Waals surface area contributed by atoms with E-state index < -0.39 is 0 Å². The lowest BCUT2D eigenvalue weighted by Gasteiger charge is -2.06. The fourth-order valence-corrected chi connectivity index (χ4v) is 3.80. The van der Waals surface area contributed by atoms with E-state index in [4.69, 9.17) is 21.1 Å². The quantitative estimate of drug-likeness (QED) is 0.601. The van der Waals surface area contributed by atoms with Crippen LogP contribution in [0.2, 0.25) is 5.02 Å². The number of aromatic nitrogens is 1. The summed E-state index contributed by atoms with van der Waals surface area (Å²) in [6.07, 6.45) is 7.39. The fraction of sp³-hybridized carbons (Fsp3) is 0.0909. The van der Waals surface area contributed by atoms with Crippen molar-refractivity contribution in [2.75, 3.05) is 12.4 Å². The van der Waals surface area contributed by atoms with Crippen LogP contribution < -0.4 is 14.8 Å². The SMILES string of the molecule is COc1ccc2c(c1)C=C(C(=O)Nc1ncc(Cc3ccc(Cl)cc3)s1)C=CO2. The summed E-state index contributed by atoms with van der Waals surface area (Å²) in [4.78, 5) is 18.1. The number of thiazole rings is 1. The summed E-state index contributed by atoms with van der Waals surface area (Å²) < 4.78 is 10.8. The number of fused-ring (bicyclic) bond motifs is 1. The van der Waals surface area contributed by atoms with Crippen molar-refractivity contribution in [3.05, 3.63) is 87.6 Å². The van der Waals surface area contributed by atoms with Gasteiger partial charge in [-0.3, -0.25) is 10.1 Å². The van der Waals surface area contributed by atoms with E-state index in [1.807, 2.05) is 36.4 Å². The molecule has 4 rings (SSSR count). The highest BCUT2D eigenvalue weighted by molar-refractivity contribution is 7.15. The highest BCUT2D eigenvalue weighted by Crippen LogP contribution is 2.29. The summed E-state index contributed by atoms with van der Waals surface area (Å²) in [5.41, 5.74) is 2.36. The van der Waals surface area contributed by atoms with E-state index in [9.17, 15) is 4.79 Å². The average molecular weight is 425 g/mol. The van der Waals surface area contributed by atoms with Crippen molar-refractivity contribution >= 4 is 40.1 Å². The minimum atomic E-state index is -0.257. The molecule has 1 aromatic heterocycles. The number of methoxy groups -OCH3 is 1. The number of nitrogens with one attached hydrogen (secondary N) is 1. The summed E-state index contributed by atoms with van der Waals surface area (Å²) in [6.45, 7) is 0. The topological polar surface area (TPSA) is 60.5 Å². The smallest absolute Gasteiger partial charge is 0.257 e. The molecule has 146 valence electrons. The molecule has 0 spiro atoms. The molecule has 0 atom stereocenters. The van der Waals surface area contributed by atoms with E-state index in [-0.39, 0.29) is 5.91 Å². The molecule has 2 aromatic carbocycles. The summed E-state index contributed by atoms with van der Waals surface area (Å²) in [5.74, 6) is 1.09. The van der Waals surface area contributed by atoms with Gasteiger partial charge in [-0.1, -0.05) is 23.7 Å². The van der Waals surface area contributed by atoms with E-state index in [0.717, 1.165) is 22.4 Å². The molecular weight excluding hydrogens is 408 g/mol. The maximum absolute atomic E-state index is 12.7. The van der Waals surface area contributed by atoms with Crippen LogP contribution in [0.5, 0.6) is 11.5 Å². The molecule has 29 heavy (non-hydrogen) atoms. The van der Waals surface area contributed by atoms with Gasteiger partial charge < -0.3 is 9.47 Å². The zero-order valence-electron chi connectivity index (χ0n) is 15.5. The van der Waals surface area contributed by atoms with Crippen LogP contribution in [0.4, 0.5) is 5.13 Å². The number of rotatable bonds is 5. The molecule has 7 heteroatoms. The molecule has 2 heterocycles. The van der Waals surface area contributed by atoms with E-state index in [1.165, 1.54) is 17.6 Å². The molecular formula is C22H17ClN2O3S. The number of nitrogens with zero attached hydrogens (tertiary/aromatic N) is 1. The van der Waals surface area contributed by atoms with Crippen LogP contribution in [0.3, 0.4) is 0 Å². The van der Waals surface area contributed by atoms with Gasteiger partial charge in [0.2, 0.25) is 0 Å². The van der Waals surface area contributed by atoms with Crippen molar-refractivity contribution in [3.8, 4) is 11.5 Å². The maximum atomic E-state index is 12.7. The summed E-state index contributed by atoms with van der Waals surface area (Å²) >= 11 is 7.37. The van der Waals surface area contributed by atoms with Gasteiger partial charge in [-0.15, -0.1) is 11.3 Å². The molecule has 1 amide bonds. The molecule has 0 bridgehead atoms. The zero-order valence-corrected chi connectivity index (χ0v) is 17.1. The molecule has 0 saturated heterocycles. The average Bonchev–Trinajstić information content (AvgIpc) is 3.04. The molecule has 0 unspecified atom stereocenters. The Morgan fingerprint density at radius 2 is 2.07 bits per heavy atom. The monoisotopic (exact) mass is 424 g/mol. The number of benzene rings is 2. The second-order valence-electron chi connectivity index (χ2n) is 6.31. The second-order valence-corrected chi connectivity index (χ2v) is 7.86. The first-order valence-electron chi connectivity index (χ1n) is 8.84. The molecule has 5 nitrogen and oxygen atoms in total. The van der Waals surface area contributed by atoms with Gasteiger partial charge in [0.25, 0.3) is 5.91 Å². The Morgan fingerprint density at radius 3 is 2.86 bits per heavy atom. The number of ether oxygens (including phenoxy) is 2. The van der Waals surface area contributed by atoms with Crippen molar-refractivity contribution in [3.63, 3.8) is 0 Å². The third kappa shape index (κ3) is 4.67. The Kier molecular flexibility index (Phi) is 5.64. The molecule has 1 aliphatic rings. The lowest BCUT2D eigenvalue weighted by molar-refractivity contribution is -0.112. The van der Waals surface area contributed by atoms with Crippen molar-refractivity contribution in [1.82, 2.24) is 4.98 Å². The van der Waals surface area contributed by atoms with Crippen molar-refractivity contribution in [1.29, 1.82) is 0 Å². The minimum Gasteiger partial charge on any atom is -0.497 e. The van der Waals surface area contributed by atoms with Crippen molar-refractivity contribution in [2.45, 2.75) is 6.42 Å². The van der Waals surface area contributed by atoms with Crippen LogP contribution in [0.15, 0.2) is 66.6 Å². The molecule has 0 saturated carbocycles. The van der Waals surface area contributed by atoms with Gasteiger partial charge in [0.05, 0.1) is 13.4 Å². The Balaban J connectivity index is 1.48. The first-order valence-corrected chi connectivity index (χ1v) is 10.0. The van der Waals surface area contributed by atoms with E-state index in [2.05, 4.69) is 10.3 Å². The van der Waals surface area contributed by atoms with E-state index in [0.29, 0.717) is 27.2 Å². The molecule has 0 aliphatic carbocycles. The fourth-order valence-electron chi connectivity index (χ4n) is 2.83. The zero-order chi connectivity index (χ0) is 20.2. The Hall–Kier alpha value is -3.09. The predicted molar refractivity (Wildman–Crippen MR) is 116 cm³/mol. The Morgan fingerprint density at radius 1 is 1.24 bits per heavy atom. The third-order valence-corrected chi connectivity index (χ3v) is 5.46. The summed E-state index contributed by atoms with van der Waals surface area (Å²) in [6, 6.07) is 13.1. The number of hydrogen-bond acceptors (Lipinski definition) is 5. The van der Waals surface area contributed by atoms with Crippen molar-refractivity contribution < 1.29 is 14.3 Å². The minimum absolute atomic E-state index is 0.257. The van der Waals surface area contributed by atoms with Gasteiger partial charge in [-0.05, 0) is 48.0 Å². The lowest BCUT2D eigenvalue weighted by atomic mass is 10.1. The van der Waals surface area contributed by atoms with Gasteiger partial charge in [-0.2, -0.15) is 0 Å². The van der Waals surface area contributed by atoms with Crippen LogP contribution in [-0.4, -0.2) is 18.0 Å². The number of halogens is 1. The van der Waals surface area contributed by atoms with Gasteiger partial charge >= 0.3 is 0 Å². The summed E-state index contributed by atoms with van der Waals surface area (Å²) in [5, 5.41) is 4.11. The van der Waals surface area contributed by atoms with Crippen LogP contribution in [0.25, 0.3) is 6.08 Å². The van der Waals surface area contributed by atoms with E-state index >= 15 is 0 Å². The predicted octanol–water partition coefficient (Wildman–Crippen LogP) is 5.32. The third-order valence-electron chi connectivity index (χ3n) is 4.30. The molecule has 1 aliphatic heterocycles. The lowest BCUT2D eigenvalue weighted by Crippen LogP contribution is -2.12. The molecule has 3 aromatic rings. The van der Waals surface area contributed by atoms with Gasteiger partial charge in [0, 0.05) is 33.7 Å². The second kappa shape index (κ2) is 8.51. The molecule has 0 radical (unpaired) electrons.